The summed E-state index contributed by atoms with van der Waals surface area (Å²) in [4.78, 5) is 41.8. The van der Waals surface area contributed by atoms with E-state index in [0.29, 0.717) is 16.2 Å². The Bertz CT molecular complexity index is 1310. The SMILES string of the molecule is Cc1ccc(CN(C(=O)CNC(=O)c2cccs2)C(C(=O)NCc2ccco2)c2ccc(C)cc2)cc1. The molecule has 1 unspecified atom stereocenters. The van der Waals surface area contributed by atoms with E-state index in [0.717, 1.165) is 16.7 Å². The summed E-state index contributed by atoms with van der Waals surface area (Å²) < 4.78 is 5.36. The molecule has 0 radical (unpaired) electrons. The third-order valence-electron chi connectivity index (χ3n) is 5.91. The number of benzene rings is 2. The summed E-state index contributed by atoms with van der Waals surface area (Å²) in [5.74, 6) is -0.432. The van der Waals surface area contributed by atoms with Crippen LogP contribution in [-0.4, -0.2) is 29.2 Å². The molecule has 8 heteroatoms. The lowest BCUT2D eigenvalue weighted by atomic mass is 10.0. The van der Waals surface area contributed by atoms with E-state index in [9.17, 15) is 14.4 Å². The fourth-order valence-electron chi connectivity index (χ4n) is 3.87. The molecule has 7 nitrogen and oxygen atoms in total. The Morgan fingerprint density at radius 3 is 2.22 bits per heavy atom. The number of aryl methyl sites for hydroxylation is 2. The molecular formula is C29H29N3O4S. The summed E-state index contributed by atoms with van der Waals surface area (Å²) in [7, 11) is 0. The number of carbonyl (C=O) groups excluding carboxylic acids is 3. The van der Waals surface area contributed by atoms with Crippen molar-refractivity contribution in [2.75, 3.05) is 6.54 Å². The van der Waals surface area contributed by atoms with Gasteiger partial charge in [0.2, 0.25) is 11.8 Å². The van der Waals surface area contributed by atoms with E-state index in [-0.39, 0.29) is 37.4 Å². The van der Waals surface area contributed by atoms with Gasteiger partial charge in [0.25, 0.3) is 5.91 Å². The number of thiophene rings is 1. The van der Waals surface area contributed by atoms with Crippen molar-refractivity contribution in [3.8, 4) is 0 Å². The number of nitrogens with zero attached hydrogens (tertiary/aromatic N) is 1. The lowest BCUT2D eigenvalue weighted by Gasteiger charge is -2.32. The van der Waals surface area contributed by atoms with Crippen LogP contribution in [0.15, 0.2) is 88.9 Å². The highest BCUT2D eigenvalue weighted by atomic mass is 32.1. The van der Waals surface area contributed by atoms with Crippen molar-refractivity contribution in [1.29, 1.82) is 0 Å². The molecule has 1 atom stereocenters. The van der Waals surface area contributed by atoms with Gasteiger partial charge in [-0.2, -0.15) is 0 Å². The van der Waals surface area contributed by atoms with Gasteiger partial charge in [-0.3, -0.25) is 14.4 Å². The van der Waals surface area contributed by atoms with Crippen molar-refractivity contribution in [2.24, 2.45) is 0 Å². The summed E-state index contributed by atoms with van der Waals surface area (Å²) in [6, 6.07) is 21.4. The normalized spacial score (nSPS) is 11.5. The zero-order valence-corrected chi connectivity index (χ0v) is 21.6. The van der Waals surface area contributed by atoms with Crippen LogP contribution < -0.4 is 10.6 Å². The van der Waals surface area contributed by atoms with Crippen LogP contribution in [0.3, 0.4) is 0 Å². The van der Waals surface area contributed by atoms with E-state index < -0.39 is 6.04 Å². The maximum absolute atomic E-state index is 13.6. The molecule has 0 bridgehead atoms. The number of furan rings is 1. The number of hydrogen-bond acceptors (Lipinski definition) is 5. The first-order valence-electron chi connectivity index (χ1n) is 11.9. The molecule has 190 valence electrons. The van der Waals surface area contributed by atoms with E-state index in [2.05, 4.69) is 10.6 Å². The number of nitrogens with one attached hydrogen (secondary N) is 2. The molecule has 0 aliphatic carbocycles. The van der Waals surface area contributed by atoms with Crippen molar-refractivity contribution in [1.82, 2.24) is 15.5 Å². The van der Waals surface area contributed by atoms with Crippen LogP contribution in [0.25, 0.3) is 0 Å². The maximum atomic E-state index is 13.6. The second-order valence-corrected chi connectivity index (χ2v) is 9.73. The van der Waals surface area contributed by atoms with Gasteiger partial charge in [-0.05, 0) is 48.6 Å². The van der Waals surface area contributed by atoms with Crippen LogP contribution >= 0.6 is 11.3 Å². The van der Waals surface area contributed by atoms with Gasteiger partial charge in [0, 0.05) is 6.54 Å². The molecule has 0 aliphatic rings. The van der Waals surface area contributed by atoms with Gasteiger partial charge in [0.05, 0.1) is 24.2 Å². The number of amides is 3. The summed E-state index contributed by atoms with van der Waals surface area (Å²) in [6.45, 7) is 4.10. The maximum Gasteiger partial charge on any atom is 0.261 e. The van der Waals surface area contributed by atoms with Gasteiger partial charge < -0.3 is 20.0 Å². The molecule has 4 rings (SSSR count). The van der Waals surface area contributed by atoms with Crippen molar-refractivity contribution >= 4 is 29.1 Å². The quantitative estimate of drug-likeness (QED) is 0.318. The van der Waals surface area contributed by atoms with Crippen LogP contribution in [0.4, 0.5) is 0 Å². The third-order valence-corrected chi connectivity index (χ3v) is 6.78. The molecule has 0 saturated carbocycles. The van der Waals surface area contributed by atoms with Crippen LogP contribution in [0, 0.1) is 13.8 Å². The molecule has 2 N–H and O–H groups in total. The Balaban J connectivity index is 1.63. The monoisotopic (exact) mass is 515 g/mol. The fourth-order valence-corrected chi connectivity index (χ4v) is 4.51. The largest absolute Gasteiger partial charge is 0.467 e. The van der Waals surface area contributed by atoms with E-state index in [1.165, 1.54) is 16.2 Å². The summed E-state index contributed by atoms with van der Waals surface area (Å²) in [5, 5.41) is 7.41. The molecule has 2 heterocycles. The Kier molecular flexibility index (Phi) is 8.53. The van der Waals surface area contributed by atoms with E-state index in [1.54, 1.807) is 35.9 Å². The van der Waals surface area contributed by atoms with Crippen molar-refractivity contribution in [2.45, 2.75) is 33.0 Å². The summed E-state index contributed by atoms with van der Waals surface area (Å²) in [5.41, 5.74) is 3.68. The number of rotatable bonds is 10. The Morgan fingerprint density at radius 2 is 1.59 bits per heavy atom. The molecular weight excluding hydrogens is 486 g/mol. The van der Waals surface area contributed by atoms with E-state index in [4.69, 9.17) is 4.42 Å². The van der Waals surface area contributed by atoms with Gasteiger partial charge in [0.15, 0.2) is 0 Å². The lowest BCUT2D eigenvalue weighted by Crippen LogP contribution is -2.46. The van der Waals surface area contributed by atoms with E-state index >= 15 is 0 Å². The molecule has 0 saturated heterocycles. The predicted molar refractivity (Wildman–Crippen MR) is 143 cm³/mol. The van der Waals surface area contributed by atoms with Gasteiger partial charge in [0.1, 0.15) is 11.8 Å². The molecule has 2 aromatic carbocycles. The first kappa shape index (κ1) is 25.9. The molecule has 0 aliphatic heterocycles. The Morgan fingerprint density at radius 1 is 0.892 bits per heavy atom. The highest BCUT2D eigenvalue weighted by Crippen LogP contribution is 2.25. The standard InChI is InChI=1S/C29H29N3O4S/c1-20-7-11-22(12-8-20)19-32(26(33)18-31-28(34)25-6-4-16-37-25)27(23-13-9-21(2)10-14-23)29(35)30-17-24-5-3-15-36-24/h3-16,27H,17-19H2,1-2H3,(H,30,35)(H,31,34). The smallest absolute Gasteiger partial charge is 0.261 e. The minimum absolute atomic E-state index is 0.190. The van der Waals surface area contributed by atoms with Crippen molar-refractivity contribution < 1.29 is 18.8 Å². The Hall–Kier alpha value is -4.17. The van der Waals surface area contributed by atoms with Crippen LogP contribution in [0.1, 0.15) is 43.7 Å². The molecule has 3 amide bonds. The van der Waals surface area contributed by atoms with E-state index in [1.807, 2.05) is 62.4 Å². The minimum Gasteiger partial charge on any atom is -0.467 e. The van der Waals surface area contributed by atoms with Crippen LogP contribution in [0.5, 0.6) is 0 Å². The average Bonchev–Trinajstić information content (AvgIpc) is 3.62. The van der Waals surface area contributed by atoms with Crippen molar-refractivity contribution in [3.05, 3.63) is 117 Å². The van der Waals surface area contributed by atoms with Gasteiger partial charge in [-0.1, -0.05) is 65.7 Å². The molecule has 0 fully saturated rings. The molecule has 0 spiro atoms. The first-order chi connectivity index (χ1) is 17.9. The summed E-state index contributed by atoms with van der Waals surface area (Å²) in [6.07, 6.45) is 1.54. The predicted octanol–water partition coefficient (Wildman–Crippen LogP) is 4.77. The molecule has 37 heavy (non-hydrogen) atoms. The molecule has 4 aromatic rings. The molecule has 2 aromatic heterocycles. The first-order valence-corrected chi connectivity index (χ1v) is 12.8. The highest BCUT2D eigenvalue weighted by molar-refractivity contribution is 7.12. The van der Waals surface area contributed by atoms with Crippen LogP contribution in [-0.2, 0) is 22.7 Å². The van der Waals surface area contributed by atoms with Gasteiger partial charge >= 0.3 is 0 Å². The Labute approximate surface area is 220 Å². The second kappa shape index (κ2) is 12.2. The second-order valence-electron chi connectivity index (χ2n) is 8.78. The van der Waals surface area contributed by atoms with Crippen LogP contribution in [0.2, 0.25) is 0 Å². The number of carbonyl (C=O) groups is 3. The zero-order valence-electron chi connectivity index (χ0n) is 20.8. The number of hydrogen-bond donors (Lipinski definition) is 2. The third kappa shape index (κ3) is 6.95. The zero-order chi connectivity index (χ0) is 26.2. The highest BCUT2D eigenvalue weighted by Gasteiger charge is 2.32. The average molecular weight is 516 g/mol. The van der Waals surface area contributed by atoms with Gasteiger partial charge in [-0.25, -0.2) is 0 Å². The minimum atomic E-state index is -0.914. The lowest BCUT2D eigenvalue weighted by molar-refractivity contribution is -0.141. The topological polar surface area (TPSA) is 91.7 Å². The fraction of sp³-hybridized carbons (Fsp3) is 0.207. The van der Waals surface area contributed by atoms with Crippen molar-refractivity contribution in [3.63, 3.8) is 0 Å². The summed E-state index contributed by atoms with van der Waals surface area (Å²) >= 11 is 1.30. The van der Waals surface area contributed by atoms with Gasteiger partial charge in [-0.15, -0.1) is 11.3 Å².